The average molecular weight is 298 g/mol. The molecule has 0 spiro atoms. The molecule has 19 heavy (non-hydrogen) atoms. The molecule has 0 bridgehead atoms. The first-order valence-electron chi connectivity index (χ1n) is 6.36. The van der Waals surface area contributed by atoms with E-state index in [2.05, 4.69) is 12.2 Å². The smallest absolute Gasteiger partial charge is 0.131 e. The highest BCUT2D eigenvalue weighted by Crippen LogP contribution is 2.34. The zero-order valence-corrected chi connectivity index (χ0v) is 12.6. The van der Waals surface area contributed by atoms with E-state index < -0.39 is 0 Å². The van der Waals surface area contributed by atoms with Crippen molar-refractivity contribution in [2.24, 2.45) is 0 Å². The highest BCUT2D eigenvalue weighted by atomic mass is 35.5. The molecule has 0 aliphatic rings. The van der Waals surface area contributed by atoms with E-state index in [-0.39, 0.29) is 11.9 Å². The molecule has 1 aromatic heterocycles. The fourth-order valence-electron chi connectivity index (χ4n) is 2.04. The van der Waals surface area contributed by atoms with Crippen LogP contribution in [0.15, 0.2) is 29.6 Å². The molecule has 1 unspecified atom stereocenters. The van der Waals surface area contributed by atoms with Crippen LogP contribution >= 0.6 is 22.9 Å². The fraction of sp³-hybridized carbons (Fsp3) is 0.333. The molecule has 2 rings (SSSR count). The van der Waals surface area contributed by atoms with Crippen LogP contribution in [-0.4, -0.2) is 6.54 Å². The Balaban J connectivity index is 2.43. The molecule has 0 fully saturated rings. The molecular formula is C15H17ClFNS. The van der Waals surface area contributed by atoms with Gasteiger partial charge in [0.2, 0.25) is 0 Å². The van der Waals surface area contributed by atoms with E-state index in [1.54, 1.807) is 24.3 Å². The summed E-state index contributed by atoms with van der Waals surface area (Å²) in [5, 5.41) is 6.01. The molecule has 1 heterocycles. The standard InChI is InChI=1S/C15H17ClFNS/c1-3-8-18-14(15-12(16)7-9-19-15)11-6-4-5-10(2)13(11)17/h4-7,9,14,18H,3,8H2,1-2H3. The van der Waals surface area contributed by atoms with Gasteiger partial charge in [0.1, 0.15) is 5.82 Å². The third-order valence-electron chi connectivity index (χ3n) is 3.04. The van der Waals surface area contributed by atoms with Crippen molar-refractivity contribution in [3.8, 4) is 0 Å². The molecular weight excluding hydrogens is 281 g/mol. The lowest BCUT2D eigenvalue weighted by Crippen LogP contribution is -2.23. The predicted octanol–water partition coefficient (Wildman–Crippen LogP) is 4.94. The minimum atomic E-state index is -0.174. The zero-order valence-electron chi connectivity index (χ0n) is 11.0. The minimum Gasteiger partial charge on any atom is -0.305 e. The molecule has 1 aromatic carbocycles. The van der Waals surface area contributed by atoms with Gasteiger partial charge >= 0.3 is 0 Å². The van der Waals surface area contributed by atoms with Crippen molar-refractivity contribution in [1.82, 2.24) is 5.32 Å². The Morgan fingerprint density at radius 1 is 1.37 bits per heavy atom. The average Bonchev–Trinajstić information content (AvgIpc) is 2.81. The fourth-order valence-corrected chi connectivity index (χ4v) is 3.30. The zero-order chi connectivity index (χ0) is 13.8. The first-order chi connectivity index (χ1) is 9.15. The van der Waals surface area contributed by atoms with Crippen LogP contribution in [0.4, 0.5) is 4.39 Å². The van der Waals surface area contributed by atoms with Crippen LogP contribution in [0.1, 0.15) is 35.4 Å². The van der Waals surface area contributed by atoms with Gasteiger partial charge in [0.25, 0.3) is 0 Å². The van der Waals surface area contributed by atoms with Crippen LogP contribution < -0.4 is 5.32 Å². The van der Waals surface area contributed by atoms with Crippen molar-refractivity contribution in [1.29, 1.82) is 0 Å². The van der Waals surface area contributed by atoms with Gasteiger partial charge in [-0.15, -0.1) is 11.3 Å². The molecule has 0 aliphatic carbocycles. The van der Waals surface area contributed by atoms with Crippen LogP contribution in [0.25, 0.3) is 0 Å². The van der Waals surface area contributed by atoms with Crippen LogP contribution in [-0.2, 0) is 0 Å². The summed E-state index contributed by atoms with van der Waals surface area (Å²) in [6.07, 6.45) is 0.993. The van der Waals surface area contributed by atoms with Crippen LogP contribution in [0.2, 0.25) is 5.02 Å². The molecule has 1 N–H and O–H groups in total. The number of nitrogens with one attached hydrogen (secondary N) is 1. The summed E-state index contributed by atoms with van der Waals surface area (Å²) in [6.45, 7) is 4.70. The Morgan fingerprint density at radius 2 is 2.16 bits per heavy atom. The number of halogens is 2. The Labute approximate surface area is 122 Å². The molecule has 0 saturated heterocycles. The Kier molecular flexibility index (Phi) is 4.97. The molecule has 0 saturated carbocycles. The Hall–Kier alpha value is -0.900. The van der Waals surface area contributed by atoms with Crippen LogP contribution in [0.3, 0.4) is 0 Å². The second kappa shape index (κ2) is 6.51. The molecule has 0 amide bonds. The molecule has 2 aromatic rings. The van der Waals surface area contributed by atoms with Gasteiger partial charge < -0.3 is 5.32 Å². The molecule has 1 nitrogen and oxygen atoms in total. The second-order valence-corrected chi connectivity index (χ2v) is 5.85. The summed E-state index contributed by atoms with van der Waals surface area (Å²) in [5.41, 5.74) is 1.33. The monoisotopic (exact) mass is 297 g/mol. The van der Waals surface area contributed by atoms with E-state index in [1.807, 2.05) is 23.6 Å². The lowest BCUT2D eigenvalue weighted by Gasteiger charge is -2.19. The largest absolute Gasteiger partial charge is 0.305 e. The molecule has 0 radical (unpaired) electrons. The van der Waals surface area contributed by atoms with E-state index in [0.29, 0.717) is 16.1 Å². The van der Waals surface area contributed by atoms with Crippen molar-refractivity contribution in [2.75, 3.05) is 6.54 Å². The van der Waals surface area contributed by atoms with Crippen molar-refractivity contribution >= 4 is 22.9 Å². The highest BCUT2D eigenvalue weighted by molar-refractivity contribution is 7.10. The topological polar surface area (TPSA) is 12.0 Å². The number of benzene rings is 1. The first-order valence-corrected chi connectivity index (χ1v) is 7.62. The predicted molar refractivity (Wildman–Crippen MR) is 80.6 cm³/mol. The van der Waals surface area contributed by atoms with Gasteiger partial charge in [0.05, 0.1) is 11.1 Å². The first kappa shape index (κ1) is 14.5. The number of hydrogen-bond acceptors (Lipinski definition) is 2. The summed E-state index contributed by atoms with van der Waals surface area (Å²) in [7, 11) is 0. The maximum absolute atomic E-state index is 14.3. The van der Waals surface area contributed by atoms with Gasteiger partial charge in [-0.2, -0.15) is 0 Å². The maximum Gasteiger partial charge on any atom is 0.131 e. The molecule has 0 aliphatic heterocycles. The van der Waals surface area contributed by atoms with Gasteiger partial charge in [-0.3, -0.25) is 0 Å². The maximum atomic E-state index is 14.3. The van der Waals surface area contributed by atoms with E-state index in [1.165, 1.54) is 0 Å². The van der Waals surface area contributed by atoms with Crippen molar-refractivity contribution < 1.29 is 4.39 Å². The molecule has 1 atom stereocenters. The van der Waals surface area contributed by atoms with E-state index in [0.717, 1.165) is 17.8 Å². The van der Waals surface area contributed by atoms with Gasteiger partial charge in [0.15, 0.2) is 0 Å². The lowest BCUT2D eigenvalue weighted by molar-refractivity contribution is 0.546. The summed E-state index contributed by atoms with van der Waals surface area (Å²) in [5.74, 6) is -0.152. The lowest BCUT2D eigenvalue weighted by atomic mass is 10.0. The van der Waals surface area contributed by atoms with Crippen molar-refractivity contribution in [3.63, 3.8) is 0 Å². The molecule has 102 valence electrons. The van der Waals surface area contributed by atoms with E-state index in [9.17, 15) is 4.39 Å². The second-order valence-electron chi connectivity index (χ2n) is 4.50. The Morgan fingerprint density at radius 3 is 2.79 bits per heavy atom. The SMILES string of the molecule is CCCNC(c1cccc(C)c1F)c1sccc1Cl. The van der Waals surface area contributed by atoms with E-state index >= 15 is 0 Å². The van der Waals surface area contributed by atoms with Crippen LogP contribution in [0, 0.1) is 12.7 Å². The van der Waals surface area contributed by atoms with E-state index in [4.69, 9.17) is 11.6 Å². The molecule has 4 heteroatoms. The van der Waals surface area contributed by atoms with Crippen LogP contribution in [0.5, 0.6) is 0 Å². The number of hydrogen-bond donors (Lipinski definition) is 1. The third kappa shape index (κ3) is 3.16. The van der Waals surface area contributed by atoms with Gasteiger partial charge in [-0.05, 0) is 36.9 Å². The summed E-state index contributed by atoms with van der Waals surface area (Å²) < 4.78 is 14.3. The number of aryl methyl sites for hydroxylation is 1. The number of rotatable bonds is 5. The minimum absolute atomic E-state index is 0.152. The Bertz CT molecular complexity index is 553. The summed E-state index contributed by atoms with van der Waals surface area (Å²) in [6, 6.07) is 7.18. The van der Waals surface area contributed by atoms with Gasteiger partial charge in [-0.1, -0.05) is 36.7 Å². The van der Waals surface area contributed by atoms with Crippen molar-refractivity contribution in [2.45, 2.75) is 26.3 Å². The van der Waals surface area contributed by atoms with Gasteiger partial charge in [-0.25, -0.2) is 4.39 Å². The third-order valence-corrected chi connectivity index (χ3v) is 4.46. The quantitative estimate of drug-likeness (QED) is 0.824. The van der Waals surface area contributed by atoms with Crippen molar-refractivity contribution in [3.05, 3.63) is 56.5 Å². The summed E-state index contributed by atoms with van der Waals surface area (Å²) >= 11 is 7.76. The normalized spacial score (nSPS) is 12.6. The summed E-state index contributed by atoms with van der Waals surface area (Å²) in [4.78, 5) is 0.972. The highest BCUT2D eigenvalue weighted by Gasteiger charge is 2.21. The number of thiophene rings is 1. The van der Waals surface area contributed by atoms with Gasteiger partial charge in [0, 0.05) is 10.4 Å².